The molecule has 0 saturated carbocycles. The summed E-state index contributed by atoms with van der Waals surface area (Å²) in [5, 5.41) is 2.61. The van der Waals surface area contributed by atoms with E-state index in [1.54, 1.807) is 13.1 Å². The predicted molar refractivity (Wildman–Crippen MR) is 84.3 cm³/mol. The highest BCUT2D eigenvalue weighted by atomic mass is 16.5. The largest absolute Gasteiger partial charge is 0.494 e. The van der Waals surface area contributed by atoms with E-state index in [1.165, 1.54) is 7.11 Å². The quantitative estimate of drug-likeness (QED) is 0.432. The van der Waals surface area contributed by atoms with E-state index in [-0.39, 0.29) is 11.6 Å². The van der Waals surface area contributed by atoms with Crippen LogP contribution in [0, 0.1) is 0 Å². The molecule has 0 aromatic heterocycles. The molecule has 6 heteroatoms. The van der Waals surface area contributed by atoms with Gasteiger partial charge in [-0.2, -0.15) is 0 Å². The van der Waals surface area contributed by atoms with Crippen molar-refractivity contribution >= 4 is 5.91 Å². The second kappa shape index (κ2) is 7.73. The molecule has 1 rings (SSSR count). The van der Waals surface area contributed by atoms with E-state index in [9.17, 15) is 4.79 Å². The van der Waals surface area contributed by atoms with Gasteiger partial charge in [0.2, 0.25) is 0 Å². The summed E-state index contributed by atoms with van der Waals surface area (Å²) < 4.78 is 5.23. The first-order valence-corrected chi connectivity index (χ1v) is 6.97. The Morgan fingerprint density at radius 2 is 1.90 bits per heavy atom. The van der Waals surface area contributed by atoms with Crippen molar-refractivity contribution in [3.63, 3.8) is 0 Å². The Labute approximate surface area is 126 Å². The molecule has 0 aromatic carbocycles. The van der Waals surface area contributed by atoms with Gasteiger partial charge in [0.05, 0.1) is 18.4 Å². The minimum atomic E-state index is -0.244. The number of amides is 1. The van der Waals surface area contributed by atoms with Crippen molar-refractivity contribution in [1.82, 2.24) is 15.1 Å². The van der Waals surface area contributed by atoms with Crippen molar-refractivity contribution in [2.24, 2.45) is 5.73 Å². The number of nitrogens with zero attached hydrogens (tertiary/aromatic N) is 2. The standard InChI is InChI=1S/C15H26N4O2/c1-11(19-8-6-18(4)7-9-19)10-13(15(20)17-3)14(21-5)12(2)16/h10H,2,6-9,16H2,1,3-5H3,(H,17,20)/b11-10+,14-13-. The zero-order chi connectivity index (χ0) is 16.0. The van der Waals surface area contributed by atoms with E-state index in [1.807, 2.05) is 6.92 Å². The number of hydrogen-bond acceptors (Lipinski definition) is 5. The first-order valence-electron chi connectivity index (χ1n) is 6.97. The summed E-state index contributed by atoms with van der Waals surface area (Å²) in [5.74, 6) is 0.0646. The Hall–Kier alpha value is -1.95. The summed E-state index contributed by atoms with van der Waals surface area (Å²) in [6.45, 7) is 9.53. The molecule has 21 heavy (non-hydrogen) atoms. The van der Waals surface area contributed by atoms with Gasteiger partial charge in [-0.1, -0.05) is 6.58 Å². The normalized spacial score (nSPS) is 18.1. The summed E-state index contributed by atoms with van der Waals surface area (Å²) in [4.78, 5) is 16.6. The van der Waals surface area contributed by atoms with Crippen LogP contribution in [0.5, 0.6) is 0 Å². The molecule has 118 valence electrons. The fourth-order valence-corrected chi connectivity index (χ4v) is 2.24. The van der Waals surface area contributed by atoms with Gasteiger partial charge in [0.1, 0.15) is 0 Å². The van der Waals surface area contributed by atoms with E-state index in [0.717, 1.165) is 31.9 Å². The number of ether oxygens (including phenoxy) is 1. The SMILES string of the molecule is C=C(N)/C(OC)=C(\C=C(/C)N1CCN(C)CC1)C(=O)NC. The lowest BCUT2D eigenvalue weighted by Crippen LogP contribution is -2.43. The van der Waals surface area contributed by atoms with Crippen LogP contribution in [0.4, 0.5) is 0 Å². The monoisotopic (exact) mass is 294 g/mol. The average Bonchev–Trinajstić information content (AvgIpc) is 2.46. The molecule has 1 aliphatic rings. The van der Waals surface area contributed by atoms with Crippen molar-refractivity contribution in [3.05, 3.63) is 35.4 Å². The second-order valence-corrected chi connectivity index (χ2v) is 5.13. The summed E-state index contributed by atoms with van der Waals surface area (Å²) in [6.07, 6.45) is 1.81. The molecule has 0 radical (unpaired) electrons. The molecule has 1 amide bonds. The summed E-state index contributed by atoms with van der Waals surface area (Å²) in [5.41, 5.74) is 7.34. The number of likely N-dealkylation sites (N-methyl/N-ethyl adjacent to an activating group) is 2. The highest BCUT2D eigenvalue weighted by Crippen LogP contribution is 2.17. The molecule has 0 aliphatic carbocycles. The van der Waals surface area contributed by atoms with Crippen LogP contribution in [0.1, 0.15) is 6.92 Å². The molecule has 1 aliphatic heterocycles. The fourth-order valence-electron chi connectivity index (χ4n) is 2.24. The van der Waals surface area contributed by atoms with Crippen LogP contribution in [-0.2, 0) is 9.53 Å². The van der Waals surface area contributed by atoms with Gasteiger partial charge in [-0.15, -0.1) is 0 Å². The molecule has 1 heterocycles. The van der Waals surface area contributed by atoms with Crippen molar-refractivity contribution in [2.75, 3.05) is 47.4 Å². The molecule has 6 nitrogen and oxygen atoms in total. The van der Waals surface area contributed by atoms with Gasteiger partial charge in [0.15, 0.2) is 5.76 Å². The molecule has 0 atom stereocenters. The van der Waals surface area contributed by atoms with Gasteiger partial charge in [-0.3, -0.25) is 4.79 Å². The van der Waals surface area contributed by atoms with E-state index < -0.39 is 0 Å². The molecule has 0 bridgehead atoms. The number of carbonyl (C=O) groups excluding carboxylic acids is 1. The Morgan fingerprint density at radius 1 is 1.33 bits per heavy atom. The number of allylic oxidation sites excluding steroid dienone is 1. The van der Waals surface area contributed by atoms with Gasteiger partial charge in [-0.05, 0) is 20.0 Å². The Balaban J connectivity index is 3.07. The lowest BCUT2D eigenvalue weighted by Gasteiger charge is -2.34. The van der Waals surface area contributed by atoms with E-state index in [2.05, 4.69) is 28.7 Å². The van der Waals surface area contributed by atoms with E-state index >= 15 is 0 Å². The third kappa shape index (κ3) is 4.53. The van der Waals surface area contributed by atoms with E-state index in [4.69, 9.17) is 10.5 Å². The molecular formula is C15H26N4O2. The first-order chi connectivity index (χ1) is 9.90. The van der Waals surface area contributed by atoms with Crippen molar-refractivity contribution in [3.8, 4) is 0 Å². The number of carbonyl (C=O) groups is 1. The summed E-state index contributed by atoms with van der Waals surface area (Å²) in [7, 11) is 5.16. The molecule has 0 unspecified atom stereocenters. The number of hydrogen-bond donors (Lipinski definition) is 2. The number of nitrogens with one attached hydrogen (secondary N) is 1. The molecule has 0 spiro atoms. The van der Waals surface area contributed by atoms with Crippen molar-refractivity contribution in [1.29, 1.82) is 0 Å². The van der Waals surface area contributed by atoms with Crippen LogP contribution < -0.4 is 11.1 Å². The zero-order valence-electron chi connectivity index (χ0n) is 13.4. The first kappa shape index (κ1) is 17.1. The van der Waals surface area contributed by atoms with Crippen LogP contribution in [0.2, 0.25) is 0 Å². The lowest BCUT2D eigenvalue weighted by molar-refractivity contribution is -0.116. The van der Waals surface area contributed by atoms with Crippen LogP contribution in [0.3, 0.4) is 0 Å². The highest BCUT2D eigenvalue weighted by Gasteiger charge is 2.18. The van der Waals surface area contributed by atoms with Gasteiger partial charge < -0.3 is 25.6 Å². The third-order valence-electron chi connectivity index (χ3n) is 3.57. The van der Waals surface area contributed by atoms with Gasteiger partial charge in [-0.25, -0.2) is 0 Å². The van der Waals surface area contributed by atoms with Crippen LogP contribution in [0.25, 0.3) is 0 Å². The third-order valence-corrected chi connectivity index (χ3v) is 3.57. The second-order valence-electron chi connectivity index (χ2n) is 5.13. The molecular weight excluding hydrogens is 268 g/mol. The van der Waals surface area contributed by atoms with Gasteiger partial charge >= 0.3 is 0 Å². The summed E-state index contributed by atoms with van der Waals surface area (Å²) >= 11 is 0. The van der Waals surface area contributed by atoms with Gasteiger partial charge in [0.25, 0.3) is 5.91 Å². The topological polar surface area (TPSA) is 70.8 Å². The molecule has 1 saturated heterocycles. The zero-order valence-corrected chi connectivity index (χ0v) is 13.4. The van der Waals surface area contributed by atoms with Crippen LogP contribution in [0.15, 0.2) is 35.4 Å². The lowest BCUT2D eigenvalue weighted by atomic mass is 10.1. The van der Waals surface area contributed by atoms with Crippen LogP contribution >= 0.6 is 0 Å². The number of piperazine rings is 1. The minimum absolute atomic E-state index is 0.235. The maximum absolute atomic E-state index is 12.1. The molecule has 1 fully saturated rings. The summed E-state index contributed by atoms with van der Waals surface area (Å²) in [6, 6.07) is 0. The Kier molecular flexibility index (Phi) is 6.30. The predicted octanol–water partition coefficient (Wildman–Crippen LogP) is 0.257. The average molecular weight is 294 g/mol. The smallest absolute Gasteiger partial charge is 0.254 e. The van der Waals surface area contributed by atoms with E-state index in [0.29, 0.717) is 11.3 Å². The highest BCUT2D eigenvalue weighted by molar-refractivity contribution is 5.97. The van der Waals surface area contributed by atoms with Gasteiger partial charge in [0, 0.05) is 38.9 Å². The number of methoxy groups -OCH3 is 1. The fraction of sp³-hybridized carbons (Fsp3) is 0.533. The molecule has 0 aromatic rings. The minimum Gasteiger partial charge on any atom is -0.494 e. The maximum atomic E-state index is 12.1. The Morgan fingerprint density at radius 3 is 2.33 bits per heavy atom. The van der Waals surface area contributed by atoms with Crippen molar-refractivity contribution < 1.29 is 9.53 Å². The van der Waals surface area contributed by atoms with Crippen molar-refractivity contribution in [2.45, 2.75) is 6.92 Å². The molecule has 3 N–H and O–H groups in total. The number of rotatable bonds is 5. The number of nitrogens with two attached hydrogens (primary N) is 1. The Bertz CT molecular complexity index is 460. The van der Waals surface area contributed by atoms with Crippen LogP contribution in [-0.4, -0.2) is 63.1 Å². The maximum Gasteiger partial charge on any atom is 0.254 e.